The lowest BCUT2D eigenvalue weighted by Crippen LogP contribution is -2.13. The van der Waals surface area contributed by atoms with E-state index in [0.29, 0.717) is 27.9 Å². The standard InChI is InChI=1S/C20H16N4O2S2/c1-2-27-20-24-23-19(28-20)22-17(25)14-10-6-7-11-15(14)18-21-12-16(26-18)13-8-4-3-5-9-13/h3-12H,2H2,1H3,(H,22,23,25). The number of hydrogen-bond donors (Lipinski definition) is 1. The molecule has 140 valence electrons. The molecule has 0 unspecified atom stereocenters. The number of aromatic nitrogens is 3. The molecule has 0 spiro atoms. The van der Waals surface area contributed by atoms with E-state index in [1.54, 1.807) is 30.1 Å². The van der Waals surface area contributed by atoms with Crippen LogP contribution < -0.4 is 5.32 Å². The number of amides is 1. The molecule has 0 saturated carbocycles. The quantitative estimate of drug-likeness (QED) is 0.348. The first-order valence-electron chi connectivity index (χ1n) is 8.63. The van der Waals surface area contributed by atoms with Crippen LogP contribution in [-0.2, 0) is 0 Å². The predicted octanol–water partition coefficient (Wildman–Crippen LogP) is 5.22. The van der Waals surface area contributed by atoms with E-state index in [9.17, 15) is 4.79 Å². The van der Waals surface area contributed by atoms with Gasteiger partial charge in [0.2, 0.25) is 11.0 Å². The van der Waals surface area contributed by atoms with Crippen molar-refractivity contribution in [2.75, 3.05) is 11.1 Å². The number of benzene rings is 2. The topological polar surface area (TPSA) is 80.9 Å². The summed E-state index contributed by atoms with van der Waals surface area (Å²) in [5.74, 6) is 1.67. The van der Waals surface area contributed by atoms with Crippen LogP contribution in [0.25, 0.3) is 22.8 Å². The first kappa shape index (κ1) is 18.4. The van der Waals surface area contributed by atoms with Crippen LogP contribution >= 0.6 is 23.1 Å². The fraction of sp³-hybridized carbons (Fsp3) is 0.100. The Morgan fingerprint density at radius 1 is 1.11 bits per heavy atom. The normalized spacial score (nSPS) is 10.8. The molecule has 0 aliphatic rings. The summed E-state index contributed by atoms with van der Waals surface area (Å²) in [6, 6.07) is 16.9. The van der Waals surface area contributed by atoms with Gasteiger partial charge in [-0.1, -0.05) is 72.5 Å². The van der Waals surface area contributed by atoms with E-state index in [1.807, 2.05) is 49.4 Å². The van der Waals surface area contributed by atoms with Crippen molar-refractivity contribution in [2.24, 2.45) is 0 Å². The fourth-order valence-electron chi connectivity index (χ4n) is 2.61. The zero-order valence-corrected chi connectivity index (χ0v) is 16.6. The van der Waals surface area contributed by atoms with Crippen LogP contribution in [0.4, 0.5) is 5.13 Å². The van der Waals surface area contributed by atoms with E-state index in [-0.39, 0.29) is 5.91 Å². The molecule has 0 fully saturated rings. The van der Waals surface area contributed by atoms with Crippen LogP contribution in [0.5, 0.6) is 0 Å². The monoisotopic (exact) mass is 408 g/mol. The minimum absolute atomic E-state index is 0.278. The molecule has 8 heteroatoms. The van der Waals surface area contributed by atoms with Crippen molar-refractivity contribution >= 4 is 34.1 Å². The Labute approximate surface area is 170 Å². The summed E-state index contributed by atoms with van der Waals surface area (Å²) in [4.78, 5) is 17.2. The van der Waals surface area contributed by atoms with Gasteiger partial charge in [0.05, 0.1) is 11.8 Å². The van der Waals surface area contributed by atoms with Gasteiger partial charge in [0.25, 0.3) is 5.91 Å². The van der Waals surface area contributed by atoms with Gasteiger partial charge in [0.1, 0.15) is 0 Å². The van der Waals surface area contributed by atoms with Gasteiger partial charge in [-0.2, -0.15) is 0 Å². The van der Waals surface area contributed by atoms with E-state index in [2.05, 4.69) is 20.5 Å². The van der Waals surface area contributed by atoms with Crippen LogP contribution in [-0.4, -0.2) is 26.8 Å². The summed E-state index contributed by atoms with van der Waals surface area (Å²) in [5, 5.41) is 11.4. The van der Waals surface area contributed by atoms with Gasteiger partial charge >= 0.3 is 0 Å². The second kappa shape index (κ2) is 8.37. The number of nitrogens with zero attached hydrogens (tertiary/aromatic N) is 3. The van der Waals surface area contributed by atoms with Gasteiger partial charge in [-0.05, 0) is 17.9 Å². The maximum Gasteiger partial charge on any atom is 0.258 e. The summed E-state index contributed by atoms with van der Waals surface area (Å²) in [6.45, 7) is 2.04. The maximum atomic E-state index is 12.8. The van der Waals surface area contributed by atoms with Gasteiger partial charge in [-0.15, -0.1) is 10.2 Å². The highest BCUT2D eigenvalue weighted by atomic mass is 32.2. The van der Waals surface area contributed by atoms with Crippen LogP contribution in [0.1, 0.15) is 17.3 Å². The van der Waals surface area contributed by atoms with E-state index >= 15 is 0 Å². The largest absolute Gasteiger partial charge is 0.436 e. The first-order valence-corrected chi connectivity index (χ1v) is 10.4. The number of nitrogens with one attached hydrogen (secondary N) is 1. The van der Waals surface area contributed by atoms with E-state index in [4.69, 9.17) is 4.42 Å². The Hall–Kier alpha value is -2.97. The Bertz CT molecular complexity index is 1090. The van der Waals surface area contributed by atoms with Crippen molar-refractivity contribution in [2.45, 2.75) is 11.3 Å². The van der Waals surface area contributed by atoms with Crippen molar-refractivity contribution in [3.63, 3.8) is 0 Å². The van der Waals surface area contributed by atoms with Gasteiger partial charge in [0.15, 0.2) is 10.1 Å². The fourth-order valence-corrected chi connectivity index (χ4v) is 4.25. The van der Waals surface area contributed by atoms with Gasteiger partial charge in [-0.25, -0.2) is 4.98 Å². The summed E-state index contributed by atoms with van der Waals surface area (Å²) in [7, 11) is 0. The third-order valence-electron chi connectivity index (χ3n) is 3.86. The molecule has 0 aliphatic carbocycles. The lowest BCUT2D eigenvalue weighted by Gasteiger charge is -2.05. The third kappa shape index (κ3) is 3.97. The summed E-state index contributed by atoms with van der Waals surface area (Å²) >= 11 is 2.94. The van der Waals surface area contributed by atoms with Crippen molar-refractivity contribution < 1.29 is 9.21 Å². The molecule has 2 heterocycles. The predicted molar refractivity (Wildman–Crippen MR) is 112 cm³/mol. The van der Waals surface area contributed by atoms with E-state index in [1.165, 1.54) is 11.3 Å². The lowest BCUT2D eigenvalue weighted by atomic mass is 10.1. The van der Waals surface area contributed by atoms with Crippen molar-refractivity contribution in [3.05, 3.63) is 66.4 Å². The second-order valence-electron chi connectivity index (χ2n) is 5.70. The van der Waals surface area contributed by atoms with Crippen LogP contribution in [0.3, 0.4) is 0 Å². The van der Waals surface area contributed by atoms with Crippen molar-refractivity contribution in [3.8, 4) is 22.8 Å². The number of thioether (sulfide) groups is 1. The van der Waals surface area contributed by atoms with Crippen molar-refractivity contribution in [1.29, 1.82) is 0 Å². The minimum Gasteiger partial charge on any atom is -0.436 e. The van der Waals surface area contributed by atoms with Gasteiger partial charge in [0, 0.05) is 11.1 Å². The average Bonchev–Trinajstić information content (AvgIpc) is 3.39. The van der Waals surface area contributed by atoms with Crippen LogP contribution in [0, 0.1) is 0 Å². The highest BCUT2D eigenvalue weighted by molar-refractivity contribution is 8.01. The molecule has 28 heavy (non-hydrogen) atoms. The van der Waals surface area contributed by atoms with Gasteiger partial charge in [-0.3, -0.25) is 10.1 Å². The second-order valence-corrected chi connectivity index (χ2v) is 8.19. The molecule has 4 rings (SSSR count). The number of oxazole rings is 1. The number of anilines is 1. The SMILES string of the molecule is CCSc1nnc(NC(=O)c2ccccc2-c2ncc(-c3ccccc3)o2)s1. The summed E-state index contributed by atoms with van der Waals surface area (Å²) in [6.07, 6.45) is 1.67. The van der Waals surface area contributed by atoms with Crippen molar-refractivity contribution in [1.82, 2.24) is 15.2 Å². The number of carbonyl (C=O) groups excluding carboxylic acids is 1. The molecule has 1 N–H and O–H groups in total. The third-order valence-corrected chi connectivity index (χ3v) is 5.71. The Morgan fingerprint density at radius 3 is 2.71 bits per heavy atom. The Kier molecular flexibility index (Phi) is 5.50. The molecule has 1 amide bonds. The Morgan fingerprint density at radius 2 is 1.89 bits per heavy atom. The number of hydrogen-bond acceptors (Lipinski definition) is 7. The van der Waals surface area contributed by atoms with E-state index < -0.39 is 0 Å². The molecular formula is C20H16N4O2S2. The average molecular weight is 409 g/mol. The van der Waals surface area contributed by atoms with Crippen LogP contribution in [0.15, 0.2) is 69.6 Å². The minimum atomic E-state index is -0.278. The van der Waals surface area contributed by atoms with Crippen LogP contribution in [0.2, 0.25) is 0 Å². The van der Waals surface area contributed by atoms with Gasteiger partial charge < -0.3 is 4.42 Å². The highest BCUT2D eigenvalue weighted by Gasteiger charge is 2.18. The zero-order chi connectivity index (χ0) is 19.3. The molecule has 0 atom stereocenters. The smallest absolute Gasteiger partial charge is 0.258 e. The number of rotatable bonds is 6. The lowest BCUT2D eigenvalue weighted by molar-refractivity contribution is 0.102. The molecule has 2 aromatic heterocycles. The Balaban J connectivity index is 1.60. The zero-order valence-electron chi connectivity index (χ0n) is 15.0. The molecule has 0 aliphatic heterocycles. The molecule has 4 aromatic rings. The first-order chi connectivity index (χ1) is 13.7. The number of carbonyl (C=O) groups is 1. The molecular weight excluding hydrogens is 392 g/mol. The maximum absolute atomic E-state index is 12.8. The van der Waals surface area contributed by atoms with E-state index in [0.717, 1.165) is 15.7 Å². The molecule has 0 bridgehead atoms. The molecule has 0 saturated heterocycles. The summed E-state index contributed by atoms with van der Waals surface area (Å²) in [5.41, 5.74) is 2.01. The molecule has 6 nitrogen and oxygen atoms in total. The molecule has 2 aromatic carbocycles. The highest BCUT2D eigenvalue weighted by Crippen LogP contribution is 2.29. The summed E-state index contributed by atoms with van der Waals surface area (Å²) < 4.78 is 6.74. The molecule has 0 radical (unpaired) electrons.